The van der Waals surface area contributed by atoms with Gasteiger partial charge in [-0.25, -0.2) is 4.39 Å². The van der Waals surface area contributed by atoms with Crippen molar-refractivity contribution in [3.05, 3.63) is 35.6 Å². The Kier molecular flexibility index (Phi) is 4.26. The van der Waals surface area contributed by atoms with Gasteiger partial charge in [0.2, 0.25) is 0 Å². The van der Waals surface area contributed by atoms with Crippen molar-refractivity contribution in [2.24, 2.45) is 0 Å². The maximum atomic E-state index is 13.0. The maximum Gasteiger partial charge on any atom is 0.282 e. The van der Waals surface area contributed by atoms with Crippen molar-refractivity contribution in [3.63, 3.8) is 0 Å². The topological polar surface area (TPSA) is 49.9 Å². The molecule has 0 aliphatic carbocycles. The Labute approximate surface area is 124 Å². The highest BCUT2D eigenvalue weighted by Gasteiger charge is 2.39. The third-order valence-corrected chi connectivity index (χ3v) is 6.10. The van der Waals surface area contributed by atoms with Crippen molar-refractivity contribution in [2.75, 3.05) is 32.8 Å². The van der Waals surface area contributed by atoms with Crippen molar-refractivity contribution >= 4 is 10.2 Å². The van der Waals surface area contributed by atoms with Gasteiger partial charge in [0.05, 0.1) is 19.3 Å². The predicted octanol–water partition coefficient (Wildman–Crippen LogP) is 1.54. The summed E-state index contributed by atoms with van der Waals surface area (Å²) >= 11 is 0. The monoisotopic (exact) mass is 314 g/mol. The van der Waals surface area contributed by atoms with Crippen LogP contribution >= 0.6 is 0 Å². The first-order valence-corrected chi connectivity index (χ1v) is 8.59. The molecule has 2 aliphatic heterocycles. The van der Waals surface area contributed by atoms with Gasteiger partial charge in [-0.2, -0.15) is 17.0 Å². The van der Waals surface area contributed by atoms with Crippen LogP contribution in [0.5, 0.6) is 0 Å². The molecule has 116 valence electrons. The Bertz CT molecular complexity index is 585. The molecule has 0 amide bonds. The Morgan fingerprint density at radius 3 is 2.43 bits per heavy atom. The van der Waals surface area contributed by atoms with Gasteiger partial charge >= 0.3 is 0 Å². The average molecular weight is 314 g/mol. The number of rotatable bonds is 3. The second kappa shape index (κ2) is 6.00. The molecule has 0 saturated carbocycles. The fourth-order valence-corrected chi connectivity index (χ4v) is 4.78. The number of ether oxygens (including phenoxy) is 1. The Hall–Kier alpha value is -1.02. The molecule has 0 N–H and O–H groups in total. The molecule has 1 unspecified atom stereocenters. The van der Waals surface area contributed by atoms with Crippen LogP contribution in [-0.2, 0) is 14.9 Å². The Morgan fingerprint density at radius 1 is 1.10 bits per heavy atom. The molecule has 1 atom stereocenters. The van der Waals surface area contributed by atoms with Crippen LogP contribution in [0.1, 0.15) is 24.4 Å². The lowest BCUT2D eigenvalue weighted by Gasteiger charge is -2.33. The summed E-state index contributed by atoms with van der Waals surface area (Å²) in [5, 5.41) is 0. The zero-order valence-electron chi connectivity index (χ0n) is 11.7. The predicted molar refractivity (Wildman–Crippen MR) is 76.4 cm³/mol. The number of hydrogen-bond donors (Lipinski definition) is 0. The lowest BCUT2D eigenvalue weighted by Crippen LogP contribution is -2.48. The molecule has 0 bridgehead atoms. The lowest BCUT2D eigenvalue weighted by atomic mass is 10.1. The first-order valence-electron chi connectivity index (χ1n) is 7.19. The van der Waals surface area contributed by atoms with E-state index in [-0.39, 0.29) is 11.9 Å². The van der Waals surface area contributed by atoms with Gasteiger partial charge in [0.15, 0.2) is 0 Å². The van der Waals surface area contributed by atoms with Crippen molar-refractivity contribution in [1.82, 2.24) is 8.61 Å². The van der Waals surface area contributed by atoms with E-state index in [9.17, 15) is 12.8 Å². The largest absolute Gasteiger partial charge is 0.379 e. The third kappa shape index (κ3) is 2.96. The first-order chi connectivity index (χ1) is 10.1. The minimum atomic E-state index is -3.48. The molecule has 2 aliphatic rings. The van der Waals surface area contributed by atoms with Crippen LogP contribution in [0.15, 0.2) is 24.3 Å². The Balaban J connectivity index is 1.84. The SMILES string of the molecule is O=S(=O)(N1CCOCC1)N1CCCC1c1ccc(F)cc1. The molecule has 7 heteroatoms. The summed E-state index contributed by atoms with van der Waals surface area (Å²) in [5.74, 6) is -0.306. The zero-order chi connectivity index (χ0) is 14.9. The van der Waals surface area contributed by atoms with Crippen molar-refractivity contribution in [1.29, 1.82) is 0 Å². The summed E-state index contributed by atoms with van der Waals surface area (Å²) in [7, 11) is -3.48. The van der Waals surface area contributed by atoms with Crippen LogP contribution < -0.4 is 0 Å². The number of hydrogen-bond acceptors (Lipinski definition) is 3. The molecule has 2 heterocycles. The number of halogens is 1. The molecule has 1 aromatic carbocycles. The van der Waals surface area contributed by atoms with Gasteiger partial charge in [0, 0.05) is 19.6 Å². The number of morpholine rings is 1. The minimum Gasteiger partial charge on any atom is -0.379 e. The highest BCUT2D eigenvalue weighted by molar-refractivity contribution is 7.86. The van der Waals surface area contributed by atoms with E-state index in [1.165, 1.54) is 16.4 Å². The summed E-state index contributed by atoms with van der Waals surface area (Å²) in [5.41, 5.74) is 0.853. The number of benzene rings is 1. The molecular formula is C14H19FN2O3S. The highest BCUT2D eigenvalue weighted by atomic mass is 32.2. The summed E-state index contributed by atoms with van der Waals surface area (Å²) in [6.45, 7) is 2.19. The van der Waals surface area contributed by atoms with Gasteiger partial charge in [0.1, 0.15) is 5.82 Å². The molecule has 21 heavy (non-hydrogen) atoms. The smallest absolute Gasteiger partial charge is 0.282 e. The van der Waals surface area contributed by atoms with Crippen LogP contribution in [-0.4, -0.2) is 49.9 Å². The van der Waals surface area contributed by atoms with Gasteiger partial charge in [-0.05, 0) is 30.5 Å². The van der Waals surface area contributed by atoms with Crippen LogP contribution in [0.3, 0.4) is 0 Å². The summed E-state index contributed by atoms with van der Waals surface area (Å²) in [6, 6.07) is 5.92. The van der Waals surface area contributed by atoms with E-state index >= 15 is 0 Å². The zero-order valence-corrected chi connectivity index (χ0v) is 12.6. The summed E-state index contributed by atoms with van der Waals surface area (Å²) < 4.78 is 46.8. The second-order valence-electron chi connectivity index (χ2n) is 5.34. The Morgan fingerprint density at radius 2 is 1.76 bits per heavy atom. The van der Waals surface area contributed by atoms with E-state index in [0.717, 1.165) is 18.4 Å². The van der Waals surface area contributed by atoms with Gasteiger partial charge in [0.25, 0.3) is 10.2 Å². The van der Waals surface area contributed by atoms with E-state index in [1.807, 2.05) is 0 Å². The molecule has 0 spiro atoms. The van der Waals surface area contributed by atoms with Crippen LogP contribution in [0.2, 0.25) is 0 Å². The molecular weight excluding hydrogens is 295 g/mol. The van der Waals surface area contributed by atoms with E-state index in [0.29, 0.717) is 32.8 Å². The highest BCUT2D eigenvalue weighted by Crippen LogP contribution is 2.35. The van der Waals surface area contributed by atoms with Crippen molar-refractivity contribution in [3.8, 4) is 0 Å². The normalized spacial score (nSPS) is 25.3. The molecule has 3 rings (SSSR count). The quantitative estimate of drug-likeness (QED) is 0.850. The van der Waals surface area contributed by atoms with Crippen LogP contribution in [0.4, 0.5) is 4.39 Å². The first kappa shape index (κ1) is 14.9. The molecule has 0 aromatic heterocycles. The molecule has 1 aromatic rings. The van der Waals surface area contributed by atoms with E-state index < -0.39 is 10.2 Å². The van der Waals surface area contributed by atoms with Crippen LogP contribution in [0.25, 0.3) is 0 Å². The molecule has 5 nitrogen and oxygen atoms in total. The summed E-state index contributed by atoms with van der Waals surface area (Å²) in [4.78, 5) is 0. The fraction of sp³-hybridized carbons (Fsp3) is 0.571. The standard InChI is InChI=1S/C14H19FN2O3S/c15-13-5-3-12(4-6-13)14-2-1-7-17(14)21(18,19)16-8-10-20-11-9-16/h3-6,14H,1-2,7-11H2. The van der Waals surface area contributed by atoms with Crippen molar-refractivity contribution in [2.45, 2.75) is 18.9 Å². The van der Waals surface area contributed by atoms with Gasteiger partial charge in [-0.3, -0.25) is 0 Å². The summed E-state index contributed by atoms with van der Waals surface area (Å²) in [6.07, 6.45) is 1.60. The maximum absolute atomic E-state index is 13.0. The number of nitrogens with zero attached hydrogens (tertiary/aromatic N) is 2. The van der Waals surface area contributed by atoms with Crippen molar-refractivity contribution < 1.29 is 17.5 Å². The average Bonchev–Trinajstić information content (AvgIpc) is 2.99. The molecule has 2 saturated heterocycles. The third-order valence-electron chi connectivity index (χ3n) is 4.05. The van der Waals surface area contributed by atoms with E-state index in [2.05, 4.69) is 0 Å². The molecule has 0 radical (unpaired) electrons. The molecule has 2 fully saturated rings. The minimum absolute atomic E-state index is 0.196. The van der Waals surface area contributed by atoms with Gasteiger partial charge in [-0.1, -0.05) is 12.1 Å². The lowest BCUT2D eigenvalue weighted by molar-refractivity contribution is 0.0699. The van der Waals surface area contributed by atoms with E-state index in [1.54, 1.807) is 16.4 Å². The van der Waals surface area contributed by atoms with E-state index in [4.69, 9.17) is 4.74 Å². The van der Waals surface area contributed by atoms with Gasteiger partial charge < -0.3 is 4.74 Å². The van der Waals surface area contributed by atoms with Gasteiger partial charge in [-0.15, -0.1) is 0 Å². The second-order valence-corrected chi connectivity index (χ2v) is 7.22. The van der Waals surface area contributed by atoms with Crippen LogP contribution in [0, 0.1) is 5.82 Å². The fourth-order valence-electron chi connectivity index (χ4n) is 2.96.